The van der Waals surface area contributed by atoms with Gasteiger partial charge in [0.05, 0.1) is 7.11 Å². The number of nitrogens with zero attached hydrogens (tertiary/aromatic N) is 2. The van der Waals surface area contributed by atoms with Crippen molar-refractivity contribution in [2.45, 2.75) is 28.8 Å². The lowest BCUT2D eigenvalue weighted by atomic mass is 9.83. The van der Waals surface area contributed by atoms with Crippen molar-refractivity contribution in [3.8, 4) is 5.75 Å². The number of hydrogen-bond donors (Lipinski definition) is 2. The smallest absolute Gasteiger partial charge is 0.252 e. The third-order valence-corrected chi connectivity index (χ3v) is 7.02. The molecule has 0 spiro atoms. The number of aromatic nitrogens is 1. The number of alkyl halides is 3. The average Bonchev–Trinajstić information content (AvgIpc) is 2.78. The molecular formula is C22H23Cl3N4O3S. The van der Waals surface area contributed by atoms with Crippen LogP contribution in [0, 0.1) is 5.92 Å². The van der Waals surface area contributed by atoms with Gasteiger partial charge in [0, 0.05) is 42.9 Å². The lowest BCUT2D eigenvalue weighted by Gasteiger charge is -2.44. The topological polar surface area (TPSA) is 75.6 Å². The second-order valence-corrected chi connectivity index (χ2v) is 11.0. The Bertz CT molecular complexity index is 1100. The molecule has 0 aliphatic carbocycles. The Kier molecular flexibility index (Phi) is 7.09. The van der Waals surface area contributed by atoms with Crippen LogP contribution in [0.3, 0.4) is 0 Å². The number of hydrogen-bond acceptors (Lipinski definition) is 4. The monoisotopic (exact) mass is 528 g/mol. The molecule has 2 aromatic rings. The molecule has 7 nitrogen and oxygen atoms in total. The predicted octanol–water partition coefficient (Wildman–Crippen LogP) is 3.28. The van der Waals surface area contributed by atoms with Crippen LogP contribution in [0.1, 0.15) is 28.4 Å². The molecule has 3 heterocycles. The van der Waals surface area contributed by atoms with E-state index in [1.165, 1.54) is 0 Å². The van der Waals surface area contributed by atoms with Gasteiger partial charge in [-0.25, -0.2) is 0 Å². The van der Waals surface area contributed by atoms with Crippen molar-refractivity contribution in [3.05, 3.63) is 64.1 Å². The van der Waals surface area contributed by atoms with Gasteiger partial charge in [-0.3, -0.25) is 9.59 Å². The van der Waals surface area contributed by atoms with Crippen LogP contribution in [0.4, 0.5) is 0 Å². The molecule has 1 amide bonds. The Hall–Kier alpha value is -2.00. The SMILES string of the molecule is COc1ccc(C(=O)N[C@H](NC(=S)N2C[C@@H]3C[C@@H](C2)c2cccc(=O)n2C3)C(Cl)(Cl)Cl)cc1. The van der Waals surface area contributed by atoms with E-state index in [9.17, 15) is 9.59 Å². The first-order chi connectivity index (χ1) is 15.7. The molecule has 176 valence electrons. The van der Waals surface area contributed by atoms with Gasteiger partial charge in [0.1, 0.15) is 11.9 Å². The van der Waals surface area contributed by atoms with E-state index in [4.69, 9.17) is 51.8 Å². The number of methoxy groups -OCH3 is 1. The number of pyridine rings is 1. The molecule has 1 fully saturated rings. The highest BCUT2D eigenvalue weighted by Gasteiger charge is 2.39. The van der Waals surface area contributed by atoms with Crippen LogP contribution in [0.2, 0.25) is 0 Å². The van der Waals surface area contributed by atoms with Crippen molar-refractivity contribution in [2.24, 2.45) is 5.92 Å². The third-order valence-electron chi connectivity index (χ3n) is 5.99. The zero-order valence-electron chi connectivity index (χ0n) is 17.8. The van der Waals surface area contributed by atoms with E-state index in [0.29, 0.717) is 36.1 Å². The fourth-order valence-corrected chi connectivity index (χ4v) is 5.03. The molecule has 4 rings (SSSR count). The van der Waals surface area contributed by atoms with Crippen molar-refractivity contribution in [1.29, 1.82) is 0 Å². The van der Waals surface area contributed by atoms with Crippen LogP contribution >= 0.6 is 47.0 Å². The molecule has 1 aromatic heterocycles. The van der Waals surface area contributed by atoms with Crippen LogP contribution in [0.15, 0.2) is 47.3 Å². The zero-order valence-corrected chi connectivity index (χ0v) is 20.8. The van der Waals surface area contributed by atoms with Gasteiger partial charge in [-0.1, -0.05) is 40.9 Å². The standard InChI is InChI=1S/C22H23Cl3N4O3S/c1-32-16-7-5-14(6-8-16)19(31)26-20(22(23,24)25)27-21(33)28-10-13-9-15(12-28)17-3-2-4-18(30)29(17)11-13/h2-8,13,15,20H,9-12H2,1H3,(H,26,31)(H,27,33)/t13-,15-,20+/m0/s1. The van der Waals surface area contributed by atoms with Gasteiger partial charge in [0.25, 0.3) is 11.5 Å². The van der Waals surface area contributed by atoms with E-state index >= 15 is 0 Å². The van der Waals surface area contributed by atoms with E-state index in [1.807, 2.05) is 15.5 Å². The number of nitrogens with one attached hydrogen (secondary N) is 2. The predicted molar refractivity (Wildman–Crippen MR) is 133 cm³/mol. The largest absolute Gasteiger partial charge is 0.497 e. The Morgan fingerprint density at radius 1 is 1.12 bits per heavy atom. The van der Waals surface area contributed by atoms with E-state index in [2.05, 4.69) is 10.6 Å². The average molecular weight is 530 g/mol. The highest BCUT2D eigenvalue weighted by atomic mass is 35.6. The number of rotatable bonds is 4. The van der Waals surface area contributed by atoms with Crippen molar-refractivity contribution in [1.82, 2.24) is 20.1 Å². The van der Waals surface area contributed by atoms with Crippen molar-refractivity contribution in [2.75, 3.05) is 20.2 Å². The summed E-state index contributed by atoms with van der Waals surface area (Å²) in [5, 5.41) is 6.10. The molecule has 0 saturated carbocycles. The molecule has 33 heavy (non-hydrogen) atoms. The highest BCUT2D eigenvalue weighted by Crippen LogP contribution is 2.35. The molecule has 11 heteroatoms. The lowest BCUT2D eigenvalue weighted by Crippen LogP contribution is -2.60. The minimum absolute atomic E-state index is 0.0221. The summed E-state index contributed by atoms with van der Waals surface area (Å²) in [5.74, 6) is 0.652. The minimum atomic E-state index is -1.85. The van der Waals surface area contributed by atoms with Gasteiger partial charge in [-0.05, 0) is 54.9 Å². The van der Waals surface area contributed by atoms with E-state index in [-0.39, 0.29) is 17.4 Å². The van der Waals surface area contributed by atoms with Crippen LogP contribution in [0.25, 0.3) is 0 Å². The first-order valence-electron chi connectivity index (χ1n) is 10.4. The number of ether oxygens (including phenoxy) is 1. The molecular weight excluding hydrogens is 507 g/mol. The maximum atomic E-state index is 12.7. The molecule has 1 aromatic carbocycles. The molecule has 0 radical (unpaired) electrons. The van der Waals surface area contributed by atoms with Gasteiger partial charge in [-0.2, -0.15) is 0 Å². The van der Waals surface area contributed by atoms with Gasteiger partial charge in [0.15, 0.2) is 5.11 Å². The Morgan fingerprint density at radius 3 is 2.52 bits per heavy atom. The minimum Gasteiger partial charge on any atom is -0.497 e. The van der Waals surface area contributed by atoms with Crippen molar-refractivity contribution < 1.29 is 9.53 Å². The fourth-order valence-electron chi connectivity index (χ4n) is 4.43. The Labute approximate surface area is 211 Å². The maximum absolute atomic E-state index is 12.7. The molecule has 2 aliphatic rings. The Balaban J connectivity index is 1.45. The molecule has 0 unspecified atom stereocenters. The van der Waals surface area contributed by atoms with E-state index in [0.717, 1.165) is 12.1 Å². The number of piperidine rings is 1. The van der Waals surface area contributed by atoms with Gasteiger partial charge < -0.3 is 24.8 Å². The summed E-state index contributed by atoms with van der Waals surface area (Å²) in [6, 6.07) is 11.9. The third kappa shape index (κ3) is 5.40. The molecule has 2 N–H and O–H groups in total. The summed E-state index contributed by atoms with van der Waals surface area (Å²) in [5.41, 5.74) is 1.42. The number of amides is 1. The van der Waals surface area contributed by atoms with Gasteiger partial charge >= 0.3 is 0 Å². The summed E-state index contributed by atoms with van der Waals surface area (Å²) in [6.07, 6.45) is -0.0636. The first-order valence-corrected chi connectivity index (χ1v) is 12.0. The number of halogens is 3. The second-order valence-electron chi connectivity index (χ2n) is 8.23. The summed E-state index contributed by atoms with van der Waals surface area (Å²) in [6.45, 7) is 1.94. The zero-order chi connectivity index (χ0) is 23.8. The molecule has 1 saturated heterocycles. The molecule has 2 bridgehead atoms. The summed E-state index contributed by atoms with van der Waals surface area (Å²) < 4.78 is 5.12. The van der Waals surface area contributed by atoms with Gasteiger partial charge in [0.2, 0.25) is 3.79 Å². The molecule has 2 aliphatic heterocycles. The number of likely N-dealkylation sites (tertiary alicyclic amines) is 1. The van der Waals surface area contributed by atoms with Crippen LogP contribution in [-0.2, 0) is 6.54 Å². The van der Waals surface area contributed by atoms with Crippen molar-refractivity contribution in [3.63, 3.8) is 0 Å². The summed E-state index contributed by atoms with van der Waals surface area (Å²) in [7, 11) is 1.55. The van der Waals surface area contributed by atoms with Crippen LogP contribution < -0.4 is 20.9 Å². The quantitative estimate of drug-likeness (QED) is 0.360. The van der Waals surface area contributed by atoms with Gasteiger partial charge in [-0.15, -0.1) is 0 Å². The van der Waals surface area contributed by atoms with Crippen LogP contribution in [-0.4, -0.2) is 50.6 Å². The van der Waals surface area contributed by atoms with E-state index in [1.54, 1.807) is 43.5 Å². The maximum Gasteiger partial charge on any atom is 0.252 e. The number of thiocarbonyl (C=S) groups is 1. The number of fused-ring (bicyclic) bond motifs is 4. The first kappa shape index (κ1) is 24.1. The van der Waals surface area contributed by atoms with E-state index < -0.39 is 15.9 Å². The second kappa shape index (κ2) is 9.70. The highest BCUT2D eigenvalue weighted by molar-refractivity contribution is 7.80. The van der Waals surface area contributed by atoms with Crippen LogP contribution in [0.5, 0.6) is 5.75 Å². The number of carbonyl (C=O) groups is 1. The normalized spacial score (nSPS) is 20.4. The fraction of sp³-hybridized carbons (Fsp3) is 0.409. The summed E-state index contributed by atoms with van der Waals surface area (Å²) in [4.78, 5) is 27.0. The number of benzene rings is 1. The Morgan fingerprint density at radius 2 is 1.85 bits per heavy atom. The lowest BCUT2D eigenvalue weighted by molar-refractivity contribution is 0.0932. The van der Waals surface area contributed by atoms with Crippen molar-refractivity contribution >= 4 is 58.0 Å². The molecule has 3 atom stereocenters. The number of carbonyl (C=O) groups excluding carboxylic acids is 1. The summed E-state index contributed by atoms with van der Waals surface area (Å²) >= 11 is 24.1.